The monoisotopic (exact) mass is 474 g/mol. The van der Waals surface area contributed by atoms with Gasteiger partial charge in [0.2, 0.25) is 24.0 Å². The molecule has 4 rings (SSSR count). The summed E-state index contributed by atoms with van der Waals surface area (Å²) in [5.74, 6) is 2.79. The Morgan fingerprint density at radius 3 is 2.39 bits per heavy atom. The summed E-state index contributed by atoms with van der Waals surface area (Å²) < 4.78 is 46.5. The maximum atomic E-state index is 13.5. The van der Waals surface area contributed by atoms with E-state index in [1.54, 1.807) is 21.0 Å². The van der Waals surface area contributed by atoms with Gasteiger partial charge < -0.3 is 33.0 Å². The van der Waals surface area contributed by atoms with Crippen LogP contribution in [0.15, 0.2) is 46.9 Å². The second-order valence-corrected chi connectivity index (χ2v) is 9.09. The van der Waals surface area contributed by atoms with Gasteiger partial charge >= 0.3 is 7.60 Å². The van der Waals surface area contributed by atoms with E-state index < -0.39 is 7.60 Å². The molecule has 0 fully saturated rings. The lowest BCUT2D eigenvalue weighted by molar-refractivity contribution is 0.174. The maximum Gasteiger partial charge on any atom is 0.385 e. The van der Waals surface area contributed by atoms with Gasteiger partial charge in [-0.3, -0.25) is 4.57 Å². The van der Waals surface area contributed by atoms with Crippen molar-refractivity contribution < 1.29 is 32.2 Å². The average Bonchev–Trinajstić information content (AvgIpc) is 3.45. The van der Waals surface area contributed by atoms with Crippen molar-refractivity contribution in [3.63, 3.8) is 0 Å². The highest BCUT2D eigenvalue weighted by atomic mass is 31.2. The van der Waals surface area contributed by atoms with Gasteiger partial charge in [0, 0.05) is 13.0 Å². The number of aromatic nitrogens is 1. The van der Waals surface area contributed by atoms with Crippen LogP contribution in [0.25, 0.3) is 0 Å². The summed E-state index contributed by atoms with van der Waals surface area (Å²) in [6.07, 6.45) is 0.404. The standard InChI is InChI=1S/C23H27N2O7P/c1-4-30-33(26,31-5-2)23-22(24-14-17-8-11-19-20(12-17)29-15-28-19)32-21(25-23)13-16-6-9-18(27-3)10-7-16/h6-12,24H,4-5,13-15H2,1-3H3. The van der Waals surface area contributed by atoms with E-state index in [0.717, 1.165) is 16.9 Å². The van der Waals surface area contributed by atoms with Crippen LogP contribution in [0.1, 0.15) is 30.9 Å². The van der Waals surface area contributed by atoms with E-state index in [1.165, 1.54) is 0 Å². The highest BCUT2D eigenvalue weighted by Crippen LogP contribution is 2.48. The van der Waals surface area contributed by atoms with E-state index >= 15 is 0 Å². The Bertz CT molecular complexity index is 1120. The normalized spacial score (nSPS) is 12.7. The number of methoxy groups -OCH3 is 1. The molecule has 1 aliphatic rings. The number of ether oxygens (including phenoxy) is 3. The Kier molecular flexibility index (Phi) is 7.23. The molecule has 3 aromatic rings. The summed E-state index contributed by atoms with van der Waals surface area (Å²) in [6.45, 7) is 4.52. The van der Waals surface area contributed by atoms with Crippen LogP contribution < -0.4 is 25.0 Å². The molecule has 1 aliphatic heterocycles. The van der Waals surface area contributed by atoms with Crippen molar-refractivity contribution in [3.05, 3.63) is 59.5 Å². The van der Waals surface area contributed by atoms with E-state index in [9.17, 15) is 4.57 Å². The van der Waals surface area contributed by atoms with Gasteiger partial charge in [0.25, 0.3) is 0 Å². The predicted octanol–water partition coefficient (Wildman–Crippen LogP) is 4.51. The Morgan fingerprint density at radius 1 is 1.00 bits per heavy atom. The lowest BCUT2D eigenvalue weighted by Gasteiger charge is -2.15. The summed E-state index contributed by atoms with van der Waals surface area (Å²) in [7, 11) is -2.05. The fourth-order valence-corrected chi connectivity index (χ4v) is 4.99. The molecular weight excluding hydrogens is 447 g/mol. The summed E-state index contributed by atoms with van der Waals surface area (Å²) >= 11 is 0. The number of benzene rings is 2. The topological polar surface area (TPSA) is 101 Å². The van der Waals surface area contributed by atoms with E-state index in [-0.39, 0.29) is 31.3 Å². The van der Waals surface area contributed by atoms with Gasteiger partial charge in [-0.05, 0) is 49.2 Å². The number of fused-ring (bicyclic) bond motifs is 1. The second kappa shape index (κ2) is 10.3. The van der Waals surface area contributed by atoms with Crippen molar-refractivity contribution in [1.29, 1.82) is 0 Å². The van der Waals surface area contributed by atoms with Crippen molar-refractivity contribution in [2.24, 2.45) is 0 Å². The van der Waals surface area contributed by atoms with Crippen molar-refractivity contribution in [3.8, 4) is 17.2 Å². The van der Waals surface area contributed by atoms with Gasteiger partial charge in [0.15, 0.2) is 11.5 Å². The molecule has 10 heteroatoms. The number of nitrogens with one attached hydrogen (secondary N) is 1. The fourth-order valence-electron chi connectivity index (χ4n) is 3.38. The SMILES string of the molecule is CCOP(=O)(OCC)c1nc(Cc2ccc(OC)cc2)oc1NCc1ccc2c(c1)OCO2. The van der Waals surface area contributed by atoms with Gasteiger partial charge in [0.05, 0.1) is 20.3 Å². The summed E-state index contributed by atoms with van der Waals surface area (Å²) in [6, 6.07) is 13.2. The van der Waals surface area contributed by atoms with Crippen LogP contribution in [0.2, 0.25) is 0 Å². The molecule has 0 bridgehead atoms. The van der Waals surface area contributed by atoms with Gasteiger partial charge in [0.1, 0.15) is 5.75 Å². The van der Waals surface area contributed by atoms with Crippen LogP contribution in [-0.4, -0.2) is 32.1 Å². The number of nitrogens with zero attached hydrogens (tertiary/aromatic N) is 1. The highest BCUT2D eigenvalue weighted by molar-refractivity contribution is 7.62. The molecule has 2 aromatic carbocycles. The van der Waals surface area contributed by atoms with Crippen LogP contribution in [0.4, 0.5) is 5.88 Å². The first kappa shape index (κ1) is 23.2. The molecule has 0 amide bonds. The van der Waals surface area contributed by atoms with Crippen LogP contribution in [0, 0.1) is 0 Å². The van der Waals surface area contributed by atoms with E-state index in [1.807, 2.05) is 42.5 Å². The van der Waals surface area contributed by atoms with Crippen molar-refractivity contribution >= 4 is 18.9 Å². The Hall–Kier alpha value is -3.00. The molecule has 1 N–H and O–H groups in total. The van der Waals surface area contributed by atoms with Gasteiger partial charge in [-0.2, -0.15) is 0 Å². The second-order valence-electron chi connectivity index (χ2n) is 7.16. The largest absolute Gasteiger partial charge is 0.497 e. The third kappa shape index (κ3) is 5.33. The van der Waals surface area contributed by atoms with Crippen molar-refractivity contribution in [1.82, 2.24) is 4.98 Å². The molecule has 0 saturated heterocycles. The summed E-state index contributed by atoms with van der Waals surface area (Å²) in [5.41, 5.74) is 2.03. The Labute approximate surface area is 192 Å². The molecule has 9 nitrogen and oxygen atoms in total. The zero-order valence-electron chi connectivity index (χ0n) is 18.8. The molecule has 0 saturated carbocycles. The average molecular weight is 474 g/mol. The molecule has 2 heterocycles. The zero-order chi connectivity index (χ0) is 23.3. The fraction of sp³-hybridized carbons (Fsp3) is 0.348. The first-order valence-corrected chi connectivity index (χ1v) is 12.2. The lowest BCUT2D eigenvalue weighted by atomic mass is 10.1. The Morgan fingerprint density at radius 2 is 1.70 bits per heavy atom. The molecule has 0 spiro atoms. The van der Waals surface area contributed by atoms with Crippen LogP contribution in [0.5, 0.6) is 17.2 Å². The third-order valence-electron chi connectivity index (χ3n) is 4.92. The number of hydrogen-bond acceptors (Lipinski definition) is 9. The minimum absolute atomic E-state index is 0.135. The Balaban J connectivity index is 1.60. The smallest absolute Gasteiger partial charge is 0.385 e. The molecule has 1 aromatic heterocycles. The first-order chi connectivity index (χ1) is 16.0. The number of rotatable bonds is 11. The molecule has 0 aliphatic carbocycles. The van der Waals surface area contributed by atoms with E-state index in [4.69, 9.17) is 27.7 Å². The minimum atomic E-state index is -3.67. The summed E-state index contributed by atoms with van der Waals surface area (Å²) in [4.78, 5) is 4.51. The first-order valence-electron chi connectivity index (χ1n) is 10.7. The van der Waals surface area contributed by atoms with E-state index in [2.05, 4.69) is 10.3 Å². The zero-order valence-corrected chi connectivity index (χ0v) is 19.7. The number of hydrogen-bond donors (Lipinski definition) is 1. The minimum Gasteiger partial charge on any atom is -0.497 e. The summed E-state index contributed by atoms with van der Waals surface area (Å²) in [5, 5.41) is 3.19. The van der Waals surface area contributed by atoms with Crippen LogP contribution in [0.3, 0.4) is 0 Å². The van der Waals surface area contributed by atoms with Gasteiger partial charge in [-0.15, -0.1) is 0 Å². The quantitative estimate of drug-likeness (QED) is 0.402. The molecule has 33 heavy (non-hydrogen) atoms. The van der Waals surface area contributed by atoms with Gasteiger partial charge in [-0.1, -0.05) is 18.2 Å². The number of oxazole rings is 1. The predicted molar refractivity (Wildman–Crippen MR) is 123 cm³/mol. The molecule has 0 atom stereocenters. The van der Waals surface area contributed by atoms with Gasteiger partial charge in [-0.25, -0.2) is 4.98 Å². The maximum absolute atomic E-state index is 13.5. The highest BCUT2D eigenvalue weighted by Gasteiger charge is 2.35. The van der Waals surface area contributed by atoms with Crippen LogP contribution >= 0.6 is 7.60 Å². The van der Waals surface area contributed by atoms with Crippen molar-refractivity contribution in [2.75, 3.05) is 32.4 Å². The van der Waals surface area contributed by atoms with Crippen molar-refractivity contribution in [2.45, 2.75) is 26.8 Å². The third-order valence-corrected chi connectivity index (χ3v) is 6.93. The molecule has 176 valence electrons. The molecule has 0 radical (unpaired) electrons. The lowest BCUT2D eigenvalue weighted by Crippen LogP contribution is -2.16. The molecule has 0 unspecified atom stereocenters. The van der Waals surface area contributed by atoms with E-state index in [0.29, 0.717) is 30.4 Å². The number of anilines is 1. The molecular formula is C23H27N2O7P. The van der Waals surface area contributed by atoms with Crippen LogP contribution in [-0.2, 0) is 26.6 Å².